The van der Waals surface area contributed by atoms with E-state index in [0.717, 1.165) is 38.3 Å². The van der Waals surface area contributed by atoms with Crippen LogP contribution >= 0.6 is 0 Å². The minimum atomic E-state index is 0.352. The molecule has 0 spiro atoms. The van der Waals surface area contributed by atoms with Gasteiger partial charge in [-0.25, -0.2) is 0 Å². The Morgan fingerprint density at radius 2 is 1.86 bits per heavy atom. The Labute approximate surface area is 129 Å². The molecule has 2 heterocycles. The second-order valence-corrected chi connectivity index (χ2v) is 6.15. The summed E-state index contributed by atoms with van der Waals surface area (Å²) in [5.41, 5.74) is 5.77. The van der Waals surface area contributed by atoms with E-state index in [4.69, 9.17) is 10.5 Å². The van der Waals surface area contributed by atoms with Crippen LogP contribution in [0.2, 0.25) is 0 Å². The summed E-state index contributed by atoms with van der Waals surface area (Å²) < 4.78 is 5.41. The summed E-state index contributed by atoms with van der Waals surface area (Å²) in [5, 5.41) is 0. The van der Waals surface area contributed by atoms with Crippen LogP contribution in [-0.2, 0) is 9.53 Å². The van der Waals surface area contributed by atoms with Gasteiger partial charge in [0.2, 0.25) is 6.41 Å². The molecule has 0 aromatic rings. The molecule has 1 saturated carbocycles. The topological polar surface area (TPSA) is 55.6 Å². The zero-order valence-corrected chi connectivity index (χ0v) is 13.2. The molecule has 1 aliphatic carbocycles. The van der Waals surface area contributed by atoms with Gasteiger partial charge in [0.05, 0.1) is 12.1 Å². The van der Waals surface area contributed by atoms with Gasteiger partial charge in [0, 0.05) is 19.2 Å². The Bertz CT molecular complexity index is 311. The smallest absolute Gasteiger partial charge is 0.210 e. The van der Waals surface area contributed by atoms with Crippen molar-refractivity contribution in [3.8, 4) is 12.8 Å². The molecule has 3 fully saturated rings. The van der Waals surface area contributed by atoms with Crippen LogP contribution in [-0.4, -0.2) is 42.6 Å². The number of carbonyl (C=O) groups is 1. The SMILES string of the molecule is C#C.CC(N)C1CCCCC1.O=CN1CC[C@H]2OCC[C@H]21. The van der Waals surface area contributed by atoms with E-state index < -0.39 is 0 Å². The Hall–Kier alpha value is -1.05. The minimum absolute atomic E-state index is 0.352. The van der Waals surface area contributed by atoms with Gasteiger partial charge in [0.25, 0.3) is 0 Å². The molecule has 0 aromatic carbocycles. The van der Waals surface area contributed by atoms with Gasteiger partial charge in [0.15, 0.2) is 0 Å². The van der Waals surface area contributed by atoms with Crippen LogP contribution < -0.4 is 5.73 Å². The van der Waals surface area contributed by atoms with E-state index in [-0.39, 0.29) is 0 Å². The first-order chi connectivity index (χ1) is 10.2. The third kappa shape index (κ3) is 5.33. The highest BCUT2D eigenvalue weighted by Gasteiger charge is 2.37. The van der Waals surface area contributed by atoms with E-state index >= 15 is 0 Å². The van der Waals surface area contributed by atoms with E-state index in [1.165, 1.54) is 32.1 Å². The van der Waals surface area contributed by atoms with E-state index in [2.05, 4.69) is 19.8 Å². The number of rotatable bonds is 2. The minimum Gasteiger partial charge on any atom is -0.376 e. The molecule has 2 saturated heterocycles. The maximum absolute atomic E-state index is 10.4. The number of carbonyl (C=O) groups excluding carboxylic acids is 1. The number of amides is 1. The zero-order chi connectivity index (χ0) is 15.7. The molecule has 4 nitrogen and oxygen atoms in total. The lowest BCUT2D eigenvalue weighted by atomic mass is 9.85. The lowest BCUT2D eigenvalue weighted by molar-refractivity contribution is -0.118. The van der Waals surface area contributed by atoms with Gasteiger partial charge >= 0.3 is 0 Å². The van der Waals surface area contributed by atoms with Gasteiger partial charge < -0.3 is 15.4 Å². The van der Waals surface area contributed by atoms with Gasteiger partial charge in [-0.3, -0.25) is 4.79 Å². The Balaban J connectivity index is 0.000000189. The Kier molecular flexibility index (Phi) is 8.41. The monoisotopic (exact) mass is 294 g/mol. The van der Waals surface area contributed by atoms with Gasteiger partial charge in [-0.2, -0.15) is 0 Å². The van der Waals surface area contributed by atoms with E-state index in [1.54, 1.807) is 0 Å². The average Bonchev–Trinajstić information content (AvgIpc) is 3.14. The molecule has 1 unspecified atom stereocenters. The van der Waals surface area contributed by atoms with Crippen molar-refractivity contribution in [2.75, 3.05) is 13.2 Å². The molecular formula is C17H30N2O2. The molecule has 4 heteroatoms. The molecule has 0 bridgehead atoms. The average molecular weight is 294 g/mol. The van der Waals surface area contributed by atoms with Crippen LogP contribution in [0.25, 0.3) is 0 Å². The molecule has 2 aliphatic heterocycles. The zero-order valence-electron chi connectivity index (χ0n) is 13.2. The lowest BCUT2D eigenvalue weighted by Crippen LogP contribution is -2.30. The van der Waals surface area contributed by atoms with Crippen molar-refractivity contribution in [3.63, 3.8) is 0 Å². The first-order valence-electron chi connectivity index (χ1n) is 8.14. The molecule has 3 rings (SSSR count). The summed E-state index contributed by atoms with van der Waals surface area (Å²) in [6.45, 7) is 3.86. The summed E-state index contributed by atoms with van der Waals surface area (Å²) in [4.78, 5) is 12.3. The van der Waals surface area contributed by atoms with Crippen molar-refractivity contribution in [2.45, 2.75) is 70.1 Å². The van der Waals surface area contributed by atoms with E-state index in [0.29, 0.717) is 18.2 Å². The Morgan fingerprint density at radius 1 is 1.19 bits per heavy atom. The largest absolute Gasteiger partial charge is 0.376 e. The molecule has 21 heavy (non-hydrogen) atoms. The quantitative estimate of drug-likeness (QED) is 0.627. The first-order valence-corrected chi connectivity index (χ1v) is 8.14. The van der Waals surface area contributed by atoms with Crippen molar-refractivity contribution < 1.29 is 9.53 Å². The summed E-state index contributed by atoms with van der Waals surface area (Å²) >= 11 is 0. The van der Waals surface area contributed by atoms with Crippen molar-refractivity contribution >= 4 is 6.41 Å². The number of hydrogen-bond donors (Lipinski definition) is 1. The number of likely N-dealkylation sites (tertiary alicyclic amines) is 1. The second-order valence-electron chi connectivity index (χ2n) is 6.15. The van der Waals surface area contributed by atoms with Gasteiger partial charge in [0.1, 0.15) is 0 Å². The van der Waals surface area contributed by atoms with Gasteiger partial charge in [-0.05, 0) is 38.5 Å². The molecule has 0 radical (unpaired) electrons. The highest BCUT2D eigenvalue weighted by atomic mass is 16.5. The van der Waals surface area contributed by atoms with Crippen LogP contribution in [0.4, 0.5) is 0 Å². The van der Waals surface area contributed by atoms with Crippen LogP contribution in [0.15, 0.2) is 0 Å². The number of hydrogen-bond acceptors (Lipinski definition) is 3. The maximum atomic E-state index is 10.4. The van der Waals surface area contributed by atoms with Crippen molar-refractivity contribution in [1.29, 1.82) is 0 Å². The predicted octanol–water partition coefficient (Wildman–Crippen LogP) is 2.17. The summed E-state index contributed by atoms with van der Waals surface area (Å²) in [5.74, 6) is 0.832. The maximum Gasteiger partial charge on any atom is 0.210 e. The van der Waals surface area contributed by atoms with Crippen LogP contribution in [0.1, 0.15) is 51.9 Å². The summed E-state index contributed by atoms with van der Waals surface area (Å²) in [6, 6.07) is 0.836. The van der Waals surface area contributed by atoms with E-state index in [9.17, 15) is 4.79 Å². The van der Waals surface area contributed by atoms with Crippen LogP contribution in [0.3, 0.4) is 0 Å². The first kappa shape index (κ1) is 18.0. The highest BCUT2D eigenvalue weighted by Crippen LogP contribution is 2.27. The molecule has 0 aromatic heterocycles. The molecule has 3 atom stereocenters. The van der Waals surface area contributed by atoms with Gasteiger partial charge in [-0.1, -0.05) is 19.3 Å². The molecule has 1 amide bonds. The van der Waals surface area contributed by atoms with Crippen LogP contribution in [0, 0.1) is 18.8 Å². The number of nitrogens with two attached hydrogens (primary N) is 1. The van der Waals surface area contributed by atoms with Crippen molar-refractivity contribution in [1.82, 2.24) is 4.90 Å². The highest BCUT2D eigenvalue weighted by molar-refractivity contribution is 5.48. The number of terminal acetylenes is 1. The third-order valence-corrected chi connectivity index (χ3v) is 4.80. The fourth-order valence-electron chi connectivity index (χ4n) is 3.53. The molecule has 2 N–H and O–H groups in total. The lowest BCUT2D eigenvalue weighted by Gasteiger charge is -2.24. The normalized spacial score (nSPS) is 29.4. The number of fused-ring (bicyclic) bond motifs is 1. The van der Waals surface area contributed by atoms with E-state index in [1.807, 2.05) is 4.90 Å². The fourth-order valence-corrected chi connectivity index (χ4v) is 3.53. The standard InChI is InChI=1S/C8H17N.C7H11NO2.C2H2/c1-7(9)8-5-3-2-4-6-8;9-5-8-3-1-7-6(8)2-4-10-7;1-2/h7-8H,2-6,9H2,1H3;5-7H,1-4H2;1-2H/t;6-,7-;/m.1./s1. The predicted molar refractivity (Wildman–Crippen MR) is 85.6 cm³/mol. The molecule has 3 aliphatic rings. The molecular weight excluding hydrogens is 264 g/mol. The summed E-state index contributed by atoms with van der Waals surface area (Å²) in [7, 11) is 0. The van der Waals surface area contributed by atoms with Crippen molar-refractivity contribution in [3.05, 3.63) is 0 Å². The third-order valence-electron chi connectivity index (χ3n) is 4.80. The molecule has 120 valence electrons. The Morgan fingerprint density at radius 3 is 2.38 bits per heavy atom. The second kappa shape index (κ2) is 9.81. The summed E-state index contributed by atoms with van der Waals surface area (Å²) in [6.07, 6.45) is 18.4. The van der Waals surface area contributed by atoms with Crippen LogP contribution in [0.5, 0.6) is 0 Å². The number of nitrogens with zero attached hydrogens (tertiary/aromatic N) is 1. The number of ether oxygens (including phenoxy) is 1. The fraction of sp³-hybridized carbons (Fsp3) is 0.824. The van der Waals surface area contributed by atoms with Crippen molar-refractivity contribution in [2.24, 2.45) is 11.7 Å². The van der Waals surface area contributed by atoms with Gasteiger partial charge in [-0.15, -0.1) is 12.8 Å².